The number of hydrogen-bond donors (Lipinski definition) is 2. The number of nitrogens with two attached hydrogens (primary N) is 1. The van der Waals surface area contributed by atoms with Gasteiger partial charge in [0.15, 0.2) is 0 Å². The molecule has 7 heteroatoms. The number of nitrogens with zero attached hydrogens (tertiary/aromatic N) is 3. The van der Waals surface area contributed by atoms with Crippen molar-refractivity contribution in [1.82, 2.24) is 20.2 Å². The summed E-state index contributed by atoms with van der Waals surface area (Å²) in [7, 11) is 0. The Morgan fingerprint density at radius 1 is 1.23 bits per heavy atom. The van der Waals surface area contributed by atoms with Crippen LogP contribution >= 0.6 is 0 Å². The van der Waals surface area contributed by atoms with Crippen LogP contribution in [0.4, 0.5) is 0 Å². The van der Waals surface area contributed by atoms with Crippen molar-refractivity contribution in [2.45, 2.75) is 32.7 Å². The Morgan fingerprint density at radius 2 is 1.82 bits per heavy atom. The van der Waals surface area contributed by atoms with Gasteiger partial charge < -0.3 is 11.1 Å². The number of carbonyl (C=O) groups is 2. The topological polar surface area (TPSA) is 101 Å². The van der Waals surface area contributed by atoms with E-state index < -0.39 is 5.91 Å². The lowest BCUT2D eigenvalue weighted by atomic mass is 10.0. The number of primary amides is 1. The first-order valence-corrected chi connectivity index (χ1v) is 7.63. The van der Waals surface area contributed by atoms with Gasteiger partial charge in [0, 0.05) is 12.6 Å². The largest absolute Gasteiger partial charge is 0.364 e. The third-order valence-electron chi connectivity index (χ3n) is 3.99. The van der Waals surface area contributed by atoms with Crippen LogP contribution in [0.15, 0.2) is 12.4 Å². The van der Waals surface area contributed by atoms with Crippen LogP contribution in [0.3, 0.4) is 0 Å². The van der Waals surface area contributed by atoms with Crippen LogP contribution in [-0.2, 0) is 0 Å². The van der Waals surface area contributed by atoms with Gasteiger partial charge in [-0.1, -0.05) is 13.8 Å². The summed E-state index contributed by atoms with van der Waals surface area (Å²) in [6.45, 7) is 7.08. The monoisotopic (exact) mass is 305 g/mol. The van der Waals surface area contributed by atoms with E-state index in [0.29, 0.717) is 18.5 Å². The summed E-state index contributed by atoms with van der Waals surface area (Å²) < 4.78 is 0. The zero-order valence-corrected chi connectivity index (χ0v) is 13.1. The van der Waals surface area contributed by atoms with Gasteiger partial charge in [0.05, 0.1) is 12.4 Å². The fraction of sp³-hybridized carbons (Fsp3) is 0.600. The number of carbonyl (C=O) groups excluding carboxylic acids is 2. The van der Waals surface area contributed by atoms with E-state index in [9.17, 15) is 9.59 Å². The van der Waals surface area contributed by atoms with Crippen LogP contribution in [-0.4, -0.2) is 52.4 Å². The number of aromatic nitrogens is 2. The van der Waals surface area contributed by atoms with E-state index in [1.807, 2.05) is 0 Å². The van der Waals surface area contributed by atoms with E-state index in [1.54, 1.807) is 0 Å². The van der Waals surface area contributed by atoms with Gasteiger partial charge in [-0.15, -0.1) is 0 Å². The summed E-state index contributed by atoms with van der Waals surface area (Å²) in [6, 6.07) is 0.323. The molecule has 1 unspecified atom stereocenters. The molecule has 1 aromatic rings. The Bertz CT molecular complexity index is 523. The Labute approximate surface area is 130 Å². The molecule has 1 atom stereocenters. The van der Waals surface area contributed by atoms with Crippen LogP contribution in [0, 0.1) is 5.92 Å². The fourth-order valence-electron chi connectivity index (χ4n) is 2.72. The van der Waals surface area contributed by atoms with Crippen molar-refractivity contribution >= 4 is 11.8 Å². The van der Waals surface area contributed by atoms with E-state index in [2.05, 4.69) is 34.0 Å². The maximum atomic E-state index is 12.1. The number of amides is 2. The van der Waals surface area contributed by atoms with Crippen LogP contribution in [0.2, 0.25) is 0 Å². The van der Waals surface area contributed by atoms with Gasteiger partial charge >= 0.3 is 0 Å². The Kier molecular flexibility index (Phi) is 5.43. The van der Waals surface area contributed by atoms with Crippen LogP contribution < -0.4 is 11.1 Å². The molecule has 2 heterocycles. The van der Waals surface area contributed by atoms with Crippen LogP contribution in [0.5, 0.6) is 0 Å². The van der Waals surface area contributed by atoms with E-state index in [0.717, 1.165) is 13.1 Å². The summed E-state index contributed by atoms with van der Waals surface area (Å²) in [4.78, 5) is 33.2. The summed E-state index contributed by atoms with van der Waals surface area (Å²) in [5.41, 5.74) is 5.33. The van der Waals surface area contributed by atoms with Crippen molar-refractivity contribution in [3.63, 3.8) is 0 Å². The third-order valence-corrected chi connectivity index (χ3v) is 3.99. The minimum Gasteiger partial charge on any atom is -0.364 e. The van der Waals surface area contributed by atoms with Crippen LogP contribution in [0.1, 0.15) is 47.7 Å². The molecule has 1 saturated heterocycles. The Balaban J connectivity index is 1.94. The molecule has 7 nitrogen and oxygen atoms in total. The molecule has 1 aromatic heterocycles. The van der Waals surface area contributed by atoms with E-state index in [-0.39, 0.29) is 17.3 Å². The number of rotatable bonds is 6. The molecule has 0 bridgehead atoms. The molecule has 0 spiro atoms. The van der Waals surface area contributed by atoms with E-state index in [1.165, 1.54) is 25.2 Å². The quantitative estimate of drug-likeness (QED) is 0.793. The molecule has 2 rings (SSSR count). The standard InChI is InChI=1S/C15H23N5O2/c1-10(2)13(20-5-3-4-6-20)9-19-15(22)12-8-17-11(7-18-12)14(16)21/h7-8,10,13H,3-6,9H2,1-2H3,(H2,16,21)(H,19,22). The van der Waals surface area contributed by atoms with Crippen molar-refractivity contribution in [2.75, 3.05) is 19.6 Å². The van der Waals surface area contributed by atoms with Gasteiger partial charge in [0.25, 0.3) is 11.8 Å². The first kappa shape index (κ1) is 16.4. The summed E-state index contributed by atoms with van der Waals surface area (Å²) >= 11 is 0. The lowest BCUT2D eigenvalue weighted by Gasteiger charge is -2.30. The number of likely N-dealkylation sites (tertiary alicyclic amines) is 1. The number of nitrogens with one attached hydrogen (secondary N) is 1. The molecule has 3 N–H and O–H groups in total. The van der Waals surface area contributed by atoms with Crippen molar-refractivity contribution in [1.29, 1.82) is 0 Å². The second-order valence-electron chi connectivity index (χ2n) is 5.92. The zero-order valence-electron chi connectivity index (χ0n) is 13.1. The Morgan fingerprint density at radius 3 is 2.32 bits per heavy atom. The van der Waals surface area contributed by atoms with Gasteiger partial charge in [0.2, 0.25) is 0 Å². The minimum absolute atomic E-state index is 0.0497. The lowest BCUT2D eigenvalue weighted by Crippen LogP contribution is -2.45. The molecular formula is C15H23N5O2. The van der Waals surface area contributed by atoms with Gasteiger partial charge in [0.1, 0.15) is 11.4 Å². The average molecular weight is 305 g/mol. The summed E-state index contributed by atoms with van der Waals surface area (Å²) in [6.07, 6.45) is 4.93. The molecule has 2 amide bonds. The highest BCUT2D eigenvalue weighted by atomic mass is 16.2. The molecule has 120 valence electrons. The molecule has 22 heavy (non-hydrogen) atoms. The summed E-state index contributed by atoms with van der Waals surface area (Å²) in [5, 5.41) is 2.91. The SMILES string of the molecule is CC(C)C(CNC(=O)c1cnc(C(N)=O)cn1)N1CCCC1. The Hall–Kier alpha value is -2.02. The van der Waals surface area contributed by atoms with Gasteiger partial charge in [-0.05, 0) is 31.8 Å². The van der Waals surface area contributed by atoms with Crippen molar-refractivity contribution in [3.8, 4) is 0 Å². The summed E-state index contributed by atoms with van der Waals surface area (Å²) in [5.74, 6) is -0.483. The van der Waals surface area contributed by atoms with Crippen molar-refractivity contribution in [2.24, 2.45) is 11.7 Å². The second-order valence-corrected chi connectivity index (χ2v) is 5.92. The van der Waals surface area contributed by atoms with Crippen molar-refractivity contribution in [3.05, 3.63) is 23.8 Å². The molecule has 0 aromatic carbocycles. The highest BCUT2D eigenvalue weighted by Crippen LogP contribution is 2.17. The predicted molar refractivity (Wildman–Crippen MR) is 82.3 cm³/mol. The first-order valence-electron chi connectivity index (χ1n) is 7.63. The van der Waals surface area contributed by atoms with E-state index in [4.69, 9.17) is 5.73 Å². The molecule has 0 radical (unpaired) electrons. The molecule has 1 aliphatic rings. The molecule has 1 fully saturated rings. The first-order chi connectivity index (χ1) is 10.5. The van der Waals surface area contributed by atoms with E-state index >= 15 is 0 Å². The highest BCUT2D eigenvalue weighted by Gasteiger charge is 2.25. The lowest BCUT2D eigenvalue weighted by molar-refractivity contribution is 0.0919. The smallest absolute Gasteiger partial charge is 0.271 e. The van der Waals surface area contributed by atoms with Crippen LogP contribution in [0.25, 0.3) is 0 Å². The maximum absolute atomic E-state index is 12.1. The minimum atomic E-state index is -0.659. The fourth-order valence-corrected chi connectivity index (χ4v) is 2.72. The molecular weight excluding hydrogens is 282 g/mol. The van der Waals surface area contributed by atoms with Gasteiger partial charge in [-0.3, -0.25) is 14.5 Å². The molecule has 1 aliphatic heterocycles. The maximum Gasteiger partial charge on any atom is 0.271 e. The second kappa shape index (κ2) is 7.31. The zero-order chi connectivity index (χ0) is 16.1. The third kappa shape index (κ3) is 4.00. The number of hydrogen-bond acceptors (Lipinski definition) is 5. The predicted octanol–water partition coefficient (Wildman–Crippen LogP) is 0.426. The average Bonchev–Trinajstić information content (AvgIpc) is 3.01. The van der Waals surface area contributed by atoms with Crippen molar-refractivity contribution < 1.29 is 9.59 Å². The normalized spacial score (nSPS) is 16.7. The van der Waals surface area contributed by atoms with Gasteiger partial charge in [-0.2, -0.15) is 0 Å². The molecule has 0 aliphatic carbocycles. The highest BCUT2D eigenvalue weighted by molar-refractivity contribution is 5.93. The van der Waals surface area contributed by atoms with Gasteiger partial charge in [-0.25, -0.2) is 9.97 Å². The molecule has 0 saturated carbocycles.